The predicted octanol–water partition coefficient (Wildman–Crippen LogP) is 6.96. The van der Waals surface area contributed by atoms with Gasteiger partial charge < -0.3 is 20.0 Å². The van der Waals surface area contributed by atoms with Gasteiger partial charge in [0.25, 0.3) is 0 Å². The van der Waals surface area contributed by atoms with Gasteiger partial charge in [0, 0.05) is 24.8 Å². The first-order valence-electron chi connectivity index (χ1n) is 18.3. The molecule has 5 heteroatoms. The molecule has 10 atom stereocenters. The molecule has 1 heterocycles. The molecule has 1 saturated heterocycles. The number of aliphatic hydroxyl groups excluding tert-OH is 2. The molecule has 1 aromatic rings. The molecule has 0 radical (unpaired) electrons. The Bertz CT molecular complexity index is 1160. The van der Waals surface area contributed by atoms with Crippen molar-refractivity contribution in [2.24, 2.45) is 46.3 Å². The largest absolute Gasteiger partial charge is 0.393 e. The molecule has 1 aliphatic heterocycles. The lowest BCUT2D eigenvalue weighted by Gasteiger charge is -2.62. The Labute approximate surface area is 267 Å². The van der Waals surface area contributed by atoms with Gasteiger partial charge in [0.2, 0.25) is 5.91 Å². The smallest absolute Gasteiger partial charge is 0.220 e. The Balaban J connectivity index is 1.01. The second-order valence-electron chi connectivity index (χ2n) is 16.6. The van der Waals surface area contributed by atoms with Crippen molar-refractivity contribution in [3.63, 3.8) is 0 Å². The summed E-state index contributed by atoms with van der Waals surface area (Å²) in [4.78, 5) is 13.1. The normalized spacial score (nSPS) is 40.0. The summed E-state index contributed by atoms with van der Waals surface area (Å²) in [5.74, 6) is 3.63. The molecule has 0 aromatic heterocycles. The number of fused-ring (bicyclic) bond motifs is 5. The summed E-state index contributed by atoms with van der Waals surface area (Å²) in [6.07, 6.45) is 14.4. The molecule has 4 saturated carbocycles. The maximum absolute atomic E-state index is 13.1. The third-order valence-corrected chi connectivity index (χ3v) is 14.5. The van der Waals surface area contributed by atoms with Crippen LogP contribution >= 0.6 is 0 Å². The van der Waals surface area contributed by atoms with Gasteiger partial charge in [-0.3, -0.25) is 4.79 Å². The van der Waals surface area contributed by atoms with Crippen LogP contribution in [-0.2, 0) is 11.3 Å². The Morgan fingerprint density at radius 2 is 1.80 bits per heavy atom. The summed E-state index contributed by atoms with van der Waals surface area (Å²) in [5, 5.41) is 25.6. The number of rotatable bonds is 10. The van der Waals surface area contributed by atoms with Crippen LogP contribution in [0, 0.1) is 46.3 Å². The van der Waals surface area contributed by atoms with Crippen LogP contribution in [0.1, 0.15) is 109 Å². The number of nitrogens with one attached hydrogen (secondary N) is 1. The van der Waals surface area contributed by atoms with Crippen LogP contribution < -0.4 is 5.32 Å². The number of quaternary nitrogens is 1. The molecule has 3 N–H and O–H groups in total. The molecule has 0 spiro atoms. The SMILES string of the molecule is C=Cc1ccc(C[N+]2(CCNC(=O)CC[C@@H](C)C3CCC4C5CCC6C[C@H](O)CCC6(C)C5C[C@H](O)C43C)CCCC2)cc1. The Kier molecular flexibility index (Phi) is 9.41. The van der Waals surface area contributed by atoms with E-state index in [2.05, 4.69) is 56.9 Å². The molecule has 1 aromatic carbocycles. The van der Waals surface area contributed by atoms with E-state index >= 15 is 0 Å². The zero-order valence-corrected chi connectivity index (χ0v) is 28.0. The van der Waals surface area contributed by atoms with Gasteiger partial charge >= 0.3 is 0 Å². The average Bonchev–Trinajstić information content (AvgIpc) is 3.62. The van der Waals surface area contributed by atoms with Crippen LogP contribution in [0.25, 0.3) is 6.08 Å². The highest BCUT2D eigenvalue weighted by atomic mass is 16.3. The molecule has 5 nitrogen and oxygen atoms in total. The number of benzene rings is 1. The molecule has 244 valence electrons. The van der Waals surface area contributed by atoms with Gasteiger partial charge in [-0.2, -0.15) is 0 Å². The molecule has 5 aliphatic rings. The van der Waals surface area contributed by atoms with E-state index in [4.69, 9.17) is 0 Å². The summed E-state index contributed by atoms with van der Waals surface area (Å²) in [5.41, 5.74) is 2.77. The monoisotopic (exact) mass is 605 g/mol. The van der Waals surface area contributed by atoms with E-state index < -0.39 is 0 Å². The van der Waals surface area contributed by atoms with Gasteiger partial charge in [-0.25, -0.2) is 0 Å². The first-order valence-corrected chi connectivity index (χ1v) is 18.3. The Hall–Kier alpha value is -1.69. The van der Waals surface area contributed by atoms with Crippen molar-refractivity contribution in [3.05, 3.63) is 42.0 Å². The number of hydrogen-bond donors (Lipinski definition) is 3. The number of nitrogens with zero attached hydrogens (tertiary/aromatic N) is 1. The van der Waals surface area contributed by atoms with E-state index in [9.17, 15) is 15.0 Å². The zero-order valence-electron chi connectivity index (χ0n) is 28.0. The van der Waals surface area contributed by atoms with Crippen LogP contribution in [0.3, 0.4) is 0 Å². The number of aliphatic hydroxyl groups is 2. The van der Waals surface area contributed by atoms with Gasteiger partial charge in [-0.15, -0.1) is 0 Å². The first kappa shape index (κ1) is 32.3. The zero-order chi connectivity index (χ0) is 31.1. The molecule has 7 unspecified atom stereocenters. The van der Waals surface area contributed by atoms with Crippen LogP contribution in [0.15, 0.2) is 30.8 Å². The molecular formula is C39H61N2O3+. The summed E-state index contributed by atoms with van der Waals surface area (Å²) < 4.78 is 1.08. The van der Waals surface area contributed by atoms with Crippen molar-refractivity contribution in [3.8, 4) is 0 Å². The highest BCUT2D eigenvalue weighted by Crippen LogP contribution is 2.68. The van der Waals surface area contributed by atoms with E-state index in [0.717, 1.165) is 61.8 Å². The summed E-state index contributed by atoms with van der Waals surface area (Å²) in [7, 11) is 0. The highest BCUT2D eigenvalue weighted by Gasteiger charge is 2.63. The number of hydrogen-bond acceptors (Lipinski definition) is 3. The minimum atomic E-state index is -0.256. The molecule has 6 rings (SSSR count). The standard InChI is InChI=1S/C39H60N2O3/c1-5-28-9-11-29(12-10-28)26-41(21-6-7-22-41)23-20-40-37(44)17-8-27(2)33-15-16-34-32-14-13-30-24-31(42)18-19-38(30,3)35(32)25-36(43)39(33,34)4/h5,9-12,27,30-36,42-43H,1,6-8,13-26H2,2-4H3/p+1/t27-,30?,31-,32?,33?,34?,35?,36+,38?,39?/m1/s1. The lowest BCUT2D eigenvalue weighted by molar-refractivity contribution is -0.928. The molecule has 0 bridgehead atoms. The maximum atomic E-state index is 13.1. The fourth-order valence-electron chi connectivity index (χ4n) is 11.9. The third-order valence-electron chi connectivity index (χ3n) is 14.5. The van der Waals surface area contributed by atoms with Crippen LogP contribution in [0.4, 0.5) is 0 Å². The van der Waals surface area contributed by atoms with E-state index in [-0.39, 0.29) is 28.9 Å². The second kappa shape index (κ2) is 12.8. The topological polar surface area (TPSA) is 69.6 Å². The van der Waals surface area contributed by atoms with Gasteiger partial charge in [0.15, 0.2) is 0 Å². The van der Waals surface area contributed by atoms with Crippen molar-refractivity contribution in [1.29, 1.82) is 0 Å². The van der Waals surface area contributed by atoms with E-state index in [0.29, 0.717) is 41.9 Å². The average molecular weight is 606 g/mol. The van der Waals surface area contributed by atoms with Gasteiger partial charge in [-0.1, -0.05) is 57.7 Å². The van der Waals surface area contributed by atoms with Gasteiger partial charge in [-0.05, 0) is 110 Å². The second-order valence-corrected chi connectivity index (χ2v) is 16.6. The van der Waals surface area contributed by atoms with Crippen LogP contribution in [0.2, 0.25) is 0 Å². The Morgan fingerprint density at radius 1 is 1.05 bits per heavy atom. The summed E-state index contributed by atoms with van der Waals surface area (Å²) in [6.45, 7) is 16.3. The predicted molar refractivity (Wildman–Crippen MR) is 178 cm³/mol. The Morgan fingerprint density at radius 3 is 2.52 bits per heavy atom. The lowest BCUT2D eigenvalue weighted by atomic mass is 9.43. The summed E-state index contributed by atoms with van der Waals surface area (Å²) >= 11 is 0. The number of carbonyl (C=O) groups is 1. The summed E-state index contributed by atoms with van der Waals surface area (Å²) in [6, 6.07) is 8.78. The van der Waals surface area contributed by atoms with E-state index in [1.54, 1.807) is 0 Å². The quantitative estimate of drug-likeness (QED) is 0.253. The fraction of sp³-hybridized carbons (Fsp3) is 0.769. The molecule has 5 fully saturated rings. The van der Waals surface area contributed by atoms with Gasteiger partial charge in [0.1, 0.15) is 6.54 Å². The van der Waals surface area contributed by atoms with Crippen LogP contribution in [-0.4, -0.2) is 59.0 Å². The van der Waals surface area contributed by atoms with Crippen molar-refractivity contribution < 1.29 is 19.5 Å². The van der Waals surface area contributed by atoms with Gasteiger partial charge in [0.05, 0.1) is 38.4 Å². The lowest BCUT2D eigenvalue weighted by Crippen LogP contribution is -2.58. The molecular weight excluding hydrogens is 544 g/mol. The number of likely N-dealkylation sites (tertiary alicyclic amines) is 1. The molecule has 44 heavy (non-hydrogen) atoms. The number of amides is 1. The van der Waals surface area contributed by atoms with Crippen molar-refractivity contribution in [2.75, 3.05) is 26.2 Å². The first-order chi connectivity index (χ1) is 21.1. The van der Waals surface area contributed by atoms with E-state index in [1.165, 1.54) is 57.2 Å². The van der Waals surface area contributed by atoms with Crippen LogP contribution in [0.5, 0.6) is 0 Å². The van der Waals surface area contributed by atoms with Crippen molar-refractivity contribution in [1.82, 2.24) is 5.32 Å². The molecule has 1 amide bonds. The molecule has 4 aliphatic carbocycles. The van der Waals surface area contributed by atoms with Crippen molar-refractivity contribution >= 4 is 12.0 Å². The minimum absolute atomic E-state index is 0.0371. The van der Waals surface area contributed by atoms with Crippen molar-refractivity contribution in [2.45, 2.75) is 117 Å². The fourth-order valence-corrected chi connectivity index (χ4v) is 11.9. The minimum Gasteiger partial charge on any atom is -0.393 e. The maximum Gasteiger partial charge on any atom is 0.220 e. The van der Waals surface area contributed by atoms with E-state index in [1.807, 2.05) is 6.08 Å². The third kappa shape index (κ3) is 5.95. The number of carbonyl (C=O) groups excluding carboxylic acids is 1. The highest BCUT2D eigenvalue weighted by molar-refractivity contribution is 5.75.